The molecule has 2 unspecified atom stereocenters. The number of carbonyl (C=O) groups is 1. The second-order valence-electron chi connectivity index (χ2n) is 8.85. The van der Waals surface area contributed by atoms with Crippen molar-refractivity contribution in [3.63, 3.8) is 0 Å². The van der Waals surface area contributed by atoms with Gasteiger partial charge in [0.15, 0.2) is 6.10 Å². The number of aromatic nitrogens is 1. The number of aliphatic hydroxyl groups is 3. The van der Waals surface area contributed by atoms with E-state index in [4.69, 9.17) is 9.47 Å². The zero-order chi connectivity index (χ0) is 23.3. The standard InChI is InChI=1S/C23H27N3O7/c1-25-6-7-26-16(11-25)15-5-3-2-4-12(15)8-13-9-14(10-24-21(13)26)32-23-19(29)17(27)18(28)20(33-23)22(30)31/h2-5,9-10,16-20,23,27-29H,6-8,11H2,1H3,(H,30,31)/t16?,17-,18-,19+,20?,23+/m0/s1. The Labute approximate surface area is 190 Å². The molecule has 0 saturated carbocycles. The summed E-state index contributed by atoms with van der Waals surface area (Å²) < 4.78 is 11.0. The molecular formula is C23H27N3O7. The van der Waals surface area contributed by atoms with Crippen LogP contribution in [0, 0.1) is 0 Å². The number of fused-ring (bicyclic) bond motifs is 5. The van der Waals surface area contributed by atoms with Crippen LogP contribution in [-0.2, 0) is 16.0 Å². The second kappa shape index (κ2) is 8.54. The molecule has 0 radical (unpaired) electrons. The molecule has 10 heteroatoms. The van der Waals surface area contributed by atoms with Gasteiger partial charge in [0.2, 0.25) is 6.29 Å². The highest BCUT2D eigenvalue weighted by Gasteiger charge is 2.48. The molecule has 176 valence electrons. The van der Waals surface area contributed by atoms with Crippen LogP contribution in [0.4, 0.5) is 5.82 Å². The largest absolute Gasteiger partial charge is 0.479 e. The lowest BCUT2D eigenvalue weighted by Gasteiger charge is -2.41. The van der Waals surface area contributed by atoms with E-state index < -0.39 is 36.7 Å². The minimum absolute atomic E-state index is 0.178. The number of benzene rings is 1. The summed E-state index contributed by atoms with van der Waals surface area (Å²) in [7, 11) is 2.11. The summed E-state index contributed by atoms with van der Waals surface area (Å²) in [5.41, 5.74) is 3.39. The lowest BCUT2D eigenvalue weighted by Crippen LogP contribution is -2.61. The first-order chi connectivity index (χ1) is 15.8. The molecule has 10 nitrogen and oxygen atoms in total. The molecule has 1 aromatic carbocycles. The smallest absolute Gasteiger partial charge is 0.335 e. The first kappa shape index (κ1) is 22.1. The summed E-state index contributed by atoms with van der Waals surface area (Å²) in [5.74, 6) is -0.323. The zero-order valence-corrected chi connectivity index (χ0v) is 18.1. The predicted octanol–water partition coefficient (Wildman–Crippen LogP) is -0.250. The number of ether oxygens (including phenoxy) is 2. The summed E-state index contributed by atoms with van der Waals surface area (Å²) in [6, 6.07) is 10.3. The first-order valence-electron chi connectivity index (χ1n) is 10.9. The summed E-state index contributed by atoms with van der Waals surface area (Å²) >= 11 is 0. The molecule has 2 saturated heterocycles. The van der Waals surface area contributed by atoms with Crippen molar-refractivity contribution in [2.45, 2.75) is 43.2 Å². The number of hydrogen-bond donors (Lipinski definition) is 4. The van der Waals surface area contributed by atoms with Gasteiger partial charge in [0.1, 0.15) is 29.9 Å². The fourth-order valence-electron chi connectivity index (χ4n) is 4.88. The van der Waals surface area contributed by atoms with Crippen molar-refractivity contribution in [2.24, 2.45) is 0 Å². The lowest BCUT2D eigenvalue weighted by molar-refractivity contribution is -0.271. The Morgan fingerprint density at radius 1 is 1.12 bits per heavy atom. The fraction of sp³-hybridized carbons (Fsp3) is 0.478. The Hall–Kier alpha value is -2.76. The van der Waals surface area contributed by atoms with Crippen LogP contribution in [0.15, 0.2) is 36.5 Å². The third-order valence-corrected chi connectivity index (χ3v) is 6.63. The van der Waals surface area contributed by atoms with E-state index in [2.05, 4.69) is 34.0 Å². The van der Waals surface area contributed by atoms with Gasteiger partial charge in [0, 0.05) is 31.6 Å². The number of piperazine rings is 1. The van der Waals surface area contributed by atoms with Crippen LogP contribution in [0.1, 0.15) is 22.7 Å². The molecule has 2 fully saturated rings. The summed E-state index contributed by atoms with van der Waals surface area (Å²) in [4.78, 5) is 20.6. The second-order valence-corrected chi connectivity index (χ2v) is 8.85. The SMILES string of the molecule is CN1CCN2c3ncc(O[C@@H]4OC(C(=O)O)[C@@H](O)[C@H](O)[C@H]4O)cc3Cc3ccccc3C2C1. The summed E-state index contributed by atoms with van der Waals surface area (Å²) in [5, 5.41) is 39.5. The third-order valence-electron chi connectivity index (χ3n) is 6.63. The molecule has 6 atom stereocenters. The monoisotopic (exact) mass is 457 g/mol. The number of anilines is 1. The quantitative estimate of drug-likeness (QED) is 0.489. The van der Waals surface area contributed by atoms with E-state index in [0.29, 0.717) is 6.42 Å². The van der Waals surface area contributed by atoms with Crippen LogP contribution in [0.2, 0.25) is 0 Å². The normalized spacial score (nSPS) is 31.7. The Morgan fingerprint density at radius 2 is 1.91 bits per heavy atom. The third kappa shape index (κ3) is 3.94. The van der Waals surface area contributed by atoms with E-state index in [-0.39, 0.29) is 11.8 Å². The summed E-state index contributed by atoms with van der Waals surface area (Å²) in [6.45, 7) is 2.62. The molecule has 0 aliphatic carbocycles. The van der Waals surface area contributed by atoms with Gasteiger partial charge in [-0.25, -0.2) is 9.78 Å². The fourth-order valence-corrected chi connectivity index (χ4v) is 4.88. The Bertz CT molecular complexity index is 1050. The number of carboxylic acid groups (broad SMARTS) is 1. The lowest BCUT2D eigenvalue weighted by atomic mass is 9.96. The van der Waals surface area contributed by atoms with Gasteiger partial charge in [0.25, 0.3) is 0 Å². The van der Waals surface area contributed by atoms with Gasteiger partial charge < -0.3 is 39.7 Å². The maximum Gasteiger partial charge on any atom is 0.335 e. The first-order valence-corrected chi connectivity index (χ1v) is 10.9. The number of hydrogen-bond acceptors (Lipinski definition) is 9. The highest BCUT2D eigenvalue weighted by atomic mass is 16.7. The highest BCUT2D eigenvalue weighted by molar-refractivity contribution is 5.73. The molecule has 3 aliphatic rings. The van der Waals surface area contributed by atoms with Crippen molar-refractivity contribution < 1.29 is 34.7 Å². The van der Waals surface area contributed by atoms with Crippen LogP contribution in [0.25, 0.3) is 0 Å². The number of rotatable bonds is 3. The molecule has 0 amide bonds. The topological polar surface area (TPSA) is 136 Å². The van der Waals surface area contributed by atoms with Gasteiger partial charge in [-0.2, -0.15) is 0 Å². The average Bonchev–Trinajstić information content (AvgIpc) is 2.93. The molecule has 4 heterocycles. The van der Waals surface area contributed by atoms with Crippen LogP contribution < -0.4 is 9.64 Å². The highest BCUT2D eigenvalue weighted by Crippen LogP contribution is 2.39. The van der Waals surface area contributed by atoms with Crippen molar-refractivity contribution in [1.82, 2.24) is 9.88 Å². The van der Waals surface area contributed by atoms with Crippen molar-refractivity contribution in [1.29, 1.82) is 0 Å². The van der Waals surface area contributed by atoms with Crippen molar-refractivity contribution in [2.75, 3.05) is 31.6 Å². The number of likely N-dealkylation sites (N-methyl/N-ethyl adjacent to an activating group) is 1. The van der Waals surface area contributed by atoms with E-state index in [1.54, 1.807) is 0 Å². The maximum atomic E-state index is 11.4. The summed E-state index contributed by atoms with van der Waals surface area (Å²) in [6.07, 6.45) is -6.17. The van der Waals surface area contributed by atoms with Gasteiger partial charge in [-0.05, 0) is 24.2 Å². The number of nitrogens with zero attached hydrogens (tertiary/aromatic N) is 3. The van der Waals surface area contributed by atoms with Crippen LogP contribution in [0.5, 0.6) is 5.75 Å². The number of carboxylic acids is 1. The van der Waals surface area contributed by atoms with Crippen molar-refractivity contribution in [3.8, 4) is 5.75 Å². The molecule has 2 aromatic rings. The number of pyridine rings is 1. The molecule has 33 heavy (non-hydrogen) atoms. The zero-order valence-electron chi connectivity index (χ0n) is 18.1. The van der Waals surface area contributed by atoms with E-state index >= 15 is 0 Å². The van der Waals surface area contributed by atoms with Crippen LogP contribution in [-0.4, -0.2) is 93.7 Å². The van der Waals surface area contributed by atoms with E-state index in [1.807, 2.05) is 18.2 Å². The van der Waals surface area contributed by atoms with Gasteiger partial charge in [-0.15, -0.1) is 0 Å². The van der Waals surface area contributed by atoms with Gasteiger partial charge in [-0.1, -0.05) is 24.3 Å². The van der Waals surface area contributed by atoms with Gasteiger partial charge in [0.05, 0.1) is 12.2 Å². The van der Waals surface area contributed by atoms with E-state index in [9.17, 15) is 25.2 Å². The van der Waals surface area contributed by atoms with Crippen molar-refractivity contribution in [3.05, 3.63) is 53.2 Å². The minimum atomic E-state index is -1.77. The molecule has 0 spiro atoms. The molecule has 1 aromatic heterocycles. The Morgan fingerprint density at radius 3 is 2.70 bits per heavy atom. The van der Waals surface area contributed by atoms with Crippen molar-refractivity contribution >= 4 is 11.8 Å². The van der Waals surface area contributed by atoms with Gasteiger partial charge in [-0.3, -0.25) is 0 Å². The van der Waals surface area contributed by atoms with Gasteiger partial charge >= 0.3 is 5.97 Å². The predicted molar refractivity (Wildman–Crippen MR) is 116 cm³/mol. The van der Waals surface area contributed by atoms with E-state index in [1.165, 1.54) is 17.3 Å². The number of aliphatic carboxylic acids is 1. The molecule has 3 aliphatic heterocycles. The Kier molecular flexibility index (Phi) is 5.71. The minimum Gasteiger partial charge on any atom is -0.479 e. The van der Waals surface area contributed by atoms with Crippen LogP contribution in [0.3, 0.4) is 0 Å². The average molecular weight is 457 g/mol. The molecule has 4 N–H and O–H groups in total. The van der Waals surface area contributed by atoms with Crippen LogP contribution >= 0.6 is 0 Å². The molecule has 0 bridgehead atoms. The van der Waals surface area contributed by atoms with E-state index in [0.717, 1.165) is 31.0 Å². The number of aliphatic hydroxyl groups excluding tert-OH is 3. The molecule has 5 rings (SSSR count). The Balaban J connectivity index is 1.46. The maximum absolute atomic E-state index is 11.4. The molecular weight excluding hydrogens is 430 g/mol.